The van der Waals surface area contributed by atoms with Crippen LogP contribution in [0.3, 0.4) is 0 Å². The van der Waals surface area contributed by atoms with Gasteiger partial charge in [-0.1, -0.05) is 18.2 Å². The van der Waals surface area contributed by atoms with Crippen LogP contribution in [0.15, 0.2) is 42.5 Å². The zero-order chi connectivity index (χ0) is 16.3. The predicted molar refractivity (Wildman–Crippen MR) is 89.8 cm³/mol. The molecular weight excluding hydrogens is 287 g/mol. The summed E-state index contributed by atoms with van der Waals surface area (Å²) in [5.41, 5.74) is 4.40. The first kappa shape index (κ1) is 15.7. The number of rotatable bonds is 5. The van der Waals surface area contributed by atoms with Crippen LogP contribution in [0.25, 0.3) is 0 Å². The summed E-state index contributed by atoms with van der Waals surface area (Å²) in [5.74, 6) is -0.197. The summed E-state index contributed by atoms with van der Waals surface area (Å²) in [7, 11) is 1.96. The average molecular weight is 308 g/mol. The molecule has 2 nitrogen and oxygen atoms in total. The molecule has 1 atom stereocenters. The van der Waals surface area contributed by atoms with Gasteiger partial charge >= 0.3 is 0 Å². The predicted octanol–water partition coefficient (Wildman–Crippen LogP) is 3.93. The van der Waals surface area contributed by atoms with E-state index in [2.05, 4.69) is 17.5 Å². The van der Waals surface area contributed by atoms with Crippen LogP contribution in [0.4, 0.5) is 4.39 Å². The highest BCUT2D eigenvalue weighted by molar-refractivity contribution is 5.51. The number of benzene rings is 2. The van der Waals surface area contributed by atoms with Crippen molar-refractivity contribution < 1.29 is 4.39 Å². The Hall–Kier alpha value is -2.18. The van der Waals surface area contributed by atoms with E-state index in [4.69, 9.17) is 5.26 Å². The van der Waals surface area contributed by atoms with E-state index < -0.39 is 0 Å². The van der Waals surface area contributed by atoms with E-state index >= 15 is 0 Å². The average Bonchev–Trinajstić information content (AvgIpc) is 2.95. The SMILES string of the molecule is CNCCCC1(c2ccc(F)cc2)CCc2cc(C#N)ccc21. The lowest BCUT2D eigenvalue weighted by atomic mass is 9.72. The Morgan fingerprint density at radius 2 is 2.00 bits per heavy atom. The molecule has 1 unspecified atom stereocenters. The molecule has 0 saturated carbocycles. The summed E-state index contributed by atoms with van der Waals surface area (Å²) in [4.78, 5) is 0. The Labute approximate surface area is 137 Å². The van der Waals surface area contributed by atoms with E-state index in [0.717, 1.165) is 32.2 Å². The lowest BCUT2D eigenvalue weighted by Crippen LogP contribution is -2.26. The van der Waals surface area contributed by atoms with E-state index in [9.17, 15) is 4.39 Å². The second-order valence-corrected chi connectivity index (χ2v) is 6.28. The number of hydrogen-bond acceptors (Lipinski definition) is 2. The van der Waals surface area contributed by atoms with Gasteiger partial charge in [-0.15, -0.1) is 0 Å². The van der Waals surface area contributed by atoms with E-state index in [1.165, 1.54) is 16.7 Å². The van der Waals surface area contributed by atoms with Crippen LogP contribution in [0.2, 0.25) is 0 Å². The van der Waals surface area contributed by atoms with Gasteiger partial charge in [0.2, 0.25) is 0 Å². The van der Waals surface area contributed by atoms with Crippen LogP contribution in [-0.2, 0) is 11.8 Å². The summed E-state index contributed by atoms with van der Waals surface area (Å²) in [6.45, 7) is 0.967. The minimum atomic E-state index is -0.197. The third-order valence-electron chi connectivity index (χ3n) is 5.00. The Morgan fingerprint density at radius 3 is 2.70 bits per heavy atom. The minimum absolute atomic E-state index is 0.0616. The van der Waals surface area contributed by atoms with Crippen LogP contribution < -0.4 is 5.32 Å². The highest BCUT2D eigenvalue weighted by atomic mass is 19.1. The molecule has 2 aromatic rings. The van der Waals surface area contributed by atoms with E-state index in [1.807, 2.05) is 31.3 Å². The van der Waals surface area contributed by atoms with Gasteiger partial charge in [0.25, 0.3) is 0 Å². The maximum absolute atomic E-state index is 13.4. The smallest absolute Gasteiger partial charge is 0.123 e. The summed E-state index contributed by atoms with van der Waals surface area (Å²) in [6, 6.07) is 15.2. The first-order valence-electron chi connectivity index (χ1n) is 8.14. The molecule has 0 fully saturated rings. The Bertz CT molecular complexity index is 730. The number of nitriles is 1. The molecule has 3 heteroatoms. The van der Waals surface area contributed by atoms with Crippen molar-refractivity contribution in [2.45, 2.75) is 31.1 Å². The number of halogens is 1. The molecule has 23 heavy (non-hydrogen) atoms. The zero-order valence-corrected chi connectivity index (χ0v) is 13.4. The van der Waals surface area contributed by atoms with Crippen molar-refractivity contribution in [2.24, 2.45) is 0 Å². The van der Waals surface area contributed by atoms with Crippen LogP contribution in [0.1, 0.15) is 41.5 Å². The van der Waals surface area contributed by atoms with Gasteiger partial charge in [0, 0.05) is 5.41 Å². The van der Waals surface area contributed by atoms with Crippen molar-refractivity contribution in [3.8, 4) is 6.07 Å². The van der Waals surface area contributed by atoms with Crippen molar-refractivity contribution in [1.82, 2.24) is 5.32 Å². The zero-order valence-electron chi connectivity index (χ0n) is 13.4. The normalized spacial score (nSPS) is 19.3. The third-order valence-corrected chi connectivity index (χ3v) is 5.00. The van der Waals surface area contributed by atoms with Crippen molar-refractivity contribution >= 4 is 0 Å². The Kier molecular flexibility index (Phi) is 4.45. The standard InChI is InChI=1S/C20H21FN2/c1-23-12-2-10-20(17-4-6-18(21)7-5-17)11-9-16-13-15(14-22)3-8-19(16)20/h3-8,13,23H,2,9-12H2,1H3. The van der Waals surface area contributed by atoms with Gasteiger partial charge in [-0.3, -0.25) is 0 Å². The lowest BCUT2D eigenvalue weighted by Gasteiger charge is -2.31. The van der Waals surface area contributed by atoms with Gasteiger partial charge in [-0.2, -0.15) is 5.26 Å². The molecule has 1 N–H and O–H groups in total. The van der Waals surface area contributed by atoms with Crippen molar-refractivity contribution in [1.29, 1.82) is 5.26 Å². The lowest BCUT2D eigenvalue weighted by molar-refractivity contribution is 0.447. The molecule has 3 rings (SSSR count). The topological polar surface area (TPSA) is 35.8 Å². The Balaban J connectivity index is 2.05. The number of hydrogen-bond donors (Lipinski definition) is 1. The van der Waals surface area contributed by atoms with Crippen molar-refractivity contribution in [3.63, 3.8) is 0 Å². The fourth-order valence-electron chi connectivity index (χ4n) is 3.86. The molecule has 0 radical (unpaired) electrons. The fourth-order valence-corrected chi connectivity index (χ4v) is 3.86. The van der Waals surface area contributed by atoms with E-state index in [-0.39, 0.29) is 11.2 Å². The van der Waals surface area contributed by atoms with Gasteiger partial charge in [0.15, 0.2) is 0 Å². The highest BCUT2D eigenvalue weighted by Gasteiger charge is 2.39. The number of aryl methyl sites for hydroxylation is 1. The van der Waals surface area contributed by atoms with Crippen LogP contribution in [0.5, 0.6) is 0 Å². The van der Waals surface area contributed by atoms with Gasteiger partial charge < -0.3 is 5.32 Å². The maximum Gasteiger partial charge on any atom is 0.123 e. The molecule has 0 saturated heterocycles. The third kappa shape index (κ3) is 2.87. The number of nitrogens with one attached hydrogen (secondary N) is 1. The molecule has 0 aromatic heterocycles. The number of nitrogens with zero attached hydrogens (tertiary/aromatic N) is 1. The molecular formula is C20H21FN2. The molecule has 0 aliphatic heterocycles. The molecule has 118 valence electrons. The monoisotopic (exact) mass is 308 g/mol. The second-order valence-electron chi connectivity index (χ2n) is 6.28. The summed E-state index contributed by atoms with van der Waals surface area (Å²) in [6.07, 6.45) is 4.08. The van der Waals surface area contributed by atoms with Gasteiger partial charge in [-0.25, -0.2) is 4.39 Å². The van der Waals surface area contributed by atoms with E-state index in [1.54, 1.807) is 12.1 Å². The molecule has 0 amide bonds. The number of fused-ring (bicyclic) bond motifs is 1. The summed E-state index contributed by atoms with van der Waals surface area (Å²) < 4.78 is 13.4. The van der Waals surface area contributed by atoms with Gasteiger partial charge in [-0.05, 0) is 80.2 Å². The van der Waals surface area contributed by atoms with Crippen molar-refractivity contribution in [2.75, 3.05) is 13.6 Å². The molecule has 2 aromatic carbocycles. The fraction of sp³-hybridized carbons (Fsp3) is 0.350. The molecule has 1 aliphatic carbocycles. The largest absolute Gasteiger partial charge is 0.320 e. The van der Waals surface area contributed by atoms with Gasteiger partial charge in [0.1, 0.15) is 5.82 Å². The summed E-state index contributed by atoms with van der Waals surface area (Å²) in [5, 5.41) is 12.3. The van der Waals surface area contributed by atoms with Crippen LogP contribution >= 0.6 is 0 Å². The highest BCUT2D eigenvalue weighted by Crippen LogP contribution is 2.47. The second kappa shape index (κ2) is 6.52. The molecule has 0 heterocycles. The maximum atomic E-state index is 13.4. The van der Waals surface area contributed by atoms with Crippen molar-refractivity contribution in [3.05, 3.63) is 70.5 Å². The molecule has 0 spiro atoms. The van der Waals surface area contributed by atoms with Gasteiger partial charge in [0.05, 0.1) is 11.6 Å². The first-order chi connectivity index (χ1) is 11.2. The first-order valence-corrected chi connectivity index (χ1v) is 8.14. The molecule has 0 bridgehead atoms. The quantitative estimate of drug-likeness (QED) is 0.850. The van der Waals surface area contributed by atoms with Crippen LogP contribution in [-0.4, -0.2) is 13.6 Å². The molecule has 1 aliphatic rings. The van der Waals surface area contributed by atoms with E-state index in [0.29, 0.717) is 5.56 Å². The minimum Gasteiger partial charge on any atom is -0.320 e. The summed E-state index contributed by atoms with van der Waals surface area (Å²) >= 11 is 0. The Morgan fingerprint density at radius 1 is 1.22 bits per heavy atom. The van der Waals surface area contributed by atoms with Crippen LogP contribution in [0, 0.1) is 17.1 Å².